The predicted molar refractivity (Wildman–Crippen MR) is 100 cm³/mol. The van der Waals surface area contributed by atoms with Crippen LogP contribution in [0, 0.1) is 13.8 Å². The maximum atomic E-state index is 12.5. The monoisotopic (exact) mass is 353 g/mol. The highest BCUT2D eigenvalue weighted by Gasteiger charge is 2.14. The average Bonchev–Trinajstić information content (AvgIpc) is 2.93. The van der Waals surface area contributed by atoms with Crippen LogP contribution in [0.25, 0.3) is 5.69 Å². The van der Waals surface area contributed by atoms with Gasteiger partial charge in [0.25, 0.3) is 5.91 Å². The molecule has 0 saturated heterocycles. The second-order valence-corrected chi connectivity index (χ2v) is 6.51. The zero-order valence-electron chi connectivity index (χ0n) is 14.5. The molecule has 1 amide bonds. The van der Waals surface area contributed by atoms with Crippen LogP contribution < -0.4 is 5.32 Å². The summed E-state index contributed by atoms with van der Waals surface area (Å²) in [6.45, 7) is 5.89. The van der Waals surface area contributed by atoms with E-state index in [1.165, 1.54) is 0 Å². The lowest BCUT2D eigenvalue weighted by Crippen LogP contribution is -2.26. The third kappa shape index (κ3) is 3.74. The standard InChI is InChI=1S/C20H20ClN3O/c1-13-12-14(2)24(23-13)17-10-8-16(9-11-17)20(25)22-15(3)18-6-4-5-7-19(18)21/h4-12,15H,1-3H3,(H,22,25). The van der Waals surface area contributed by atoms with E-state index in [0.717, 1.165) is 22.6 Å². The molecule has 2 aromatic carbocycles. The molecule has 0 radical (unpaired) electrons. The summed E-state index contributed by atoms with van der Waals surface area (Å²) >= 11 is 6.19. The van der Waals surface area contributed by atoms with Crippen LogP contribution in [-0.4, -0.2) is 15.7 Å². The molecule has 0 fully saturated rings. The molecule has 25 heavy (non-hydrogen) atoms. The largest absolute Gasteiger partial charge is 0.345 e. The Hall–Kier alpha value is -2.59. The number of amides is 1. The lowest BCUT2D eigenvalue weighted by Gasteiger charge is -2.16. The number of hydrogen-bond acceptors (Lipinski definition) is 2. The number of carbonyl (C=O) groups excluding carboxylic acids is 1. The van der Waals surface area contributed by atoms with E-state index in [0.29, 0.717) is 10.6 Å². The third-order valence-electron chi connectivity index (χ3n) is 4.10. The summed E-state index contributed by atoms with van der Waals surface area (Å²) in [6, 6.07) is 16.8. The lowest BCUT2D eigenvalue weighted by molar-refractivity contribution is 0.0940. The van der Waals surface area contributed by atoms with Crippen molar-refractivity contribution in [3.63, 3.8) is 0 Å². The third-order valence-corrected chi connectivity index (χ3v) is 4.45. The molecule has 3 rings (SSSR count). The number of benzene rings is 2. The molecule has 128 valence electrons. The molecule has 0 aliphatic carbocycles. The van der Waals surface area contributed by atoms with E-state index in [2.05, 4.69) is 10.4 Å². The summed E-state index contributed by atoms with van der Waals surface area (Å²) < 4.78 is 1.86. The SMILES string of the molecule is Cc1cc(C)n(-c2ccc(C(=O)NC(C)c3ccccc3Cl)cc2)n1. The van der Waals surface area contributed by atoms with E-state index in [-0.39, 0.29) is 11.9 Å². The number of nitrogens with zero attached hydrogens (tertiary/aromatic N) is 2. The second-order valence-electron chi connectivity index (χ2n) is 6.10. The first-order valence-corrected chi connectivity index (χ1v) is 8.52. The van der Waals surface area contributed by atoms with Crippen LogP contribution in [0.3, 0.4) is 0 Å². The molecular formula is C20H20ClN3O. The first-order valence-electron chi connectivity index (χ1n) is 8.14. The predicted octanol–water partition coefficient (Wildman–Crippen LogP) is 4.63. The average molecular weight is 354 g/mol. The highest BCUT2D eigenvalue weighted by atomic mass is 35.5. The van der Waals surface area contributed by atoms with Gasteiger partial charge in [-0.1, -0.05) is 29.8 Å². The van der Waals surface area contributed by atoms with Gasteiger partial charge in [-0.15, -0.1) is 0 Å². The van der Waals surface area contributed by atoms with Gasteiger partial charge in [0.15, 0.2) is 0 Å². The molecule has 0 aliphatic rings. The van der Waals surface area contributed by atoms with Gasteiger partial charge in [0.1, 0.15) is 0 Å². The van der Waals surface area contributed by atoms with Crippen LogP contribution in [0.4, 0.5) is 0 Å². The highest BCUT2D eigenvalue weighted by Crippen LogP contribution is 2.22. The van der Waals surface area contributed by atoms with Crippen molar-refractivity contribution in [1.82, 2.24) is 15.1 Å². The Kier molecular flexibility index (Phi) is 4.91. The Morgan fingerprint density at radius 3 is 2.40 bits per heavy atom. The van der Waals surface area contributed by atoms with E-state index in [1.54, 1.807) is 12.1 Å². The van der Waals surface area contributed by atoms with E-state index in [1.807, 2.05) is 67.9 Å². The van der Waals surface area contributed by atoms with Crippen LogP contribution >= 0.6 is 11.6 Å². The van der Waals surface area contributed by atoms with Crippen LogP contribution in [0.1, 0.15) is 40.3 Å². The first kappa shape index (κ1) is 17.2. The van der Waals surface area contributed by atoms with Crippen molar-refractivity contribution < 1.29 is 4.79 Å². The van der Waals surface area contributed by atoms with Crippen molar-refractivity contribution in [2.45, 2.75) is 26.8 Å². The van der Waals surface area contributed by atoms with Crippen molar-refractivity contribution in [1.29, 1.82) is 0 Å². The molecule has 1 heterocycles. The van der Waals surface area contributed by atoms with Crippen LogP contribution in [-0.2, 0) is 0 Å². The number of halogens is 1. The fraction of sp³-hybridized carbons (Fsp3) is 0.200. The zero-order chi connectivity index (χ0) is 18.0. The van der Waals surface area contributed by atoms with Gasteiger partial charge in [-0.05, 0) is 62.7 Å². The van der Waals surface area contributed by atoms with Gasteiger partial charge in [-0.25, -0.2) is 4.68 Å². The Bertz CT molecular complexity index is 900. The summed E-state index contributed by atoms with van der Waals surface area (Å²) in [6.07, 6.45) is 0. The summed E-state index contributed by atoms with van der Waals surface area (Å²) in [4.78, 5) is 12.5. The van der Waals surface area contributed by atoms with Gasteiger partial charge in [-0.3, -0.25) is 4.79 Å². The molecule has 0 spiro atoms. The molecule has 0 aliphatic heterocycles. The Morgan fingerprint density at radius 2 is 1.80 bits per heavy atom. The molecule has 1 unspecified atom stereocenters. The summed E-state index contributed by atoms with van der Waals surface area (Å²) in [5, 5.41) is 8.08. The Balaban J connectivity index is 1.75. The smallest absolute Gasteiger partial charge is 0.251 e. The minimum atomic E-state index is -0.170. The summed E-state index contributed by atoms with van der Waals surface area (Å²) in [5.41, 5.74) is 4.46. The van der Waals surface area contributed by atoms with E-state index >= 15 is 0 Å². The van der Waals surface area contributed by atoms with Crippen molar-refractivity contribution >= 4 is 17.5 Å². The van der Waals surface area contributed by atoms with Gasteiger partial charge in [-0.2, -0.15) is 5.10 Å². The second kappa shape index (κ2) is 7.11. The number of aryl methyl sites for hydroxylation is 2. The topological polar surface area (TPSA) is 46.9 Å². The molecule has 0 bridgehead atoms. The number of nitrogens with one attached hydrogen (secondary N) is 1. The maximum absolute atomic E-state index is 12.5. The fourth-order valence-corrected chi connectivity index (χ4v) is 3.13. The fourth-order valence-electron chi connectivity index (χ4n) is 2.83. The maximum Gasteiger partial charge on any atom is 0.251 e. The first-order chi connectivity index (χ1) is 12.0. The Labute approximate surface area is 152 Å². The van der Waals surface area contributed by atoms with Gasteiger partial charge < -0.3 is 5.32 Å². The number of rotatable bonds is 4. The number of aromatic nitrogens is 2. The molecule has 5 heteroatoms. The van der Waals surface area contributed by atoms with Gasteiger partial charge in [0, 0.05) is 16.3 Å². The van der Waals surface area contributed by atoms with Crippen molar-refractivity contribution in [2.75, 3.05) is 0 Å². The minimum absolute atomic E-state index is 0.132. The lowest BCUT2D eigenvalue weighted by atomic mass is 10.1. The van der Waals surface area contributed by atoms with Gasteiger partial charge in [0.2, 0.25) is 0 Å². The normalized spacial score (nSPS) is 12.0. The number of hydrogen-bond donors (Lipinski definition) is 1. The minimum Gasteiger partial charge on any atom is -0.345 e. The van der Waals surface area contributed by atoms with Crippen molar-refractivity contribution in [3.05, 3.63) is 82.1 Å². The Morgan fingerprint density at radius 1 is 1.12 bits per heavy atom. The van der Waals surface area contributed by atoms with Crippen molar-refractivity contribution in [2.24, 2.45) is 0 Å². The van der Waals surface area contributed by atoms with Crippen LogP contribution in [0.15, 0.2) is 54.6 Å². The quantitative estimate of drug-likeness (QED) is 0.743. The van der Waals surface area contributed by atoms with Crippen molar-refractivity contribution in [3.8, 4) is 5.69 Å². The molecule has 1 N–H and O–H groups in total. The molecular weight excluding hydrogens is 334 g/mol. The van der Waals surface area contributed by atoms with E-state index in [4.69, 9.17) is 11.6 Å². The van der Waals surface area contributed by atoms with Gasteiger partial charge >= 0.3 is 0 Å². The molecule has 4 nitrogen and oxygen atoms in total. The number of carbonyl (C=O) groups is 1. The summed E-state index contributed by atoms with van der Waals surface area (Å²) in [7, 11) is 0. The van der Waals surface area contributed by atoms with Crippen LogP contribution in [0.2, 0.25) is 5.02 Å². The summed E-state index contributed by atoms with van der Waals surface area (Å²) in [5.74, 6) is -0.132. The molecule has 0 saturated carbocycles. The molecule has 1 aromatic heterocycles. The van der Waals surface area contributed by atoms with Crippen LogP contribution in [0.5, 0.6) is 0 Å². The molecule has 3 aromatic rings. The zero-order valence-corrected chi connectivity index (χ0v) is 15.2. The molecule has 1 atom stereocenters. The van der Waals surface area contributed by atoms with Gasteiger partial charge in [0.05, 0.1) is 17.4 Å². The van der Waals surface area contributed by atoms with E-state index in [9.17, 15) is 4.79 Å². The van der Waals surface area contributed by atoms with E-state index < -0.39 is 0 Å². The highest BCUT2D eigenvalue weighted by molar-refractivity contribution is 6.31.